The molecule has 1 aromatic carbocycles. The lowest BCUT2D eigenvalue weighted by Crippen LogP contribution is -1.90. The first-order valence-corrected chi connectivity index (χ1v) is 5.38. The molecule has 0 spiro atoms. The fourth-order valence-electron chi connectivity index (χ4n) is 1.97. The molecule has 0 amide bonds. The normalized spacial score (nSPS) is 11.1. The van der Waals surface area contributed by atoms with Crippen LogP contribution < -0.4 is 0 Å². The van der Waals surface area contributed by atoms with Gasteiger partial charge in [0, 0.05) is 29.5 Å². The van der Waals surface area contributed by atoms with Crippen LogP contribution in [0.1, 0.15) is 17.2 Å². The molecule has 3 aromatic rings. The van der Waals surface area contributed by atoms with E-state index in [0.29, 0.717) is 0 Å². The highest BCUT2D eigenvalue weighted by Crippen LogP contribution is 2.16. The van der Waals surface area contributed by atoms with E-state index in [9.17, 15) is 0 Å². The molecule has 0 aliphatic carbocycles. The number of rotatable bonds is 2. The van der Waals surface area contributed by atoms with Gasteiger partial charge in [-0.15, -0.1) is 0 Å². The number of para-hydroxylation sites is 1. The highest BCUT2D eigenvalue weighted by atomic mass is 14.9. The van der Waals surface area contributed by atoms with Crippen molar-refractivity contribution in [3.05, 3.63) is 53.7 Å². The van der Waals surface area contributed by atoms with Crippen molar-refractivity contribution in [1.29, 1.82) is 0 Å². The van der Waals surface area contributed by atoms with Crippen LogP contribution in [0.15, 0.2) is 36.5 Å². The van der Waals surface area contributed by atoms with Crippen LogP contribution in [0.2, 0.25) is 0 Å². The molecule has 0 atom stereocenters. The summed E-state index contributed by atoms with van der Waals surface area (Å²) in [6.45, 7) is 2.02. The van der Waals surface area contributed by atoms with Crippen molar-refractivity contribution >= 4 is 10.9 Å². The predicted octanol–water partition coefficient (Wildman–Crippen LogP) is 2.79. The summed E-state index contributed by atoms with van der Waals surface area (Å²) in [6.07, 6.45) is 2.68. The largest absolute Gasteiger partial charge is 0.358 e. The zero-order valence-corrected chi connectivity index (χ0v) is 9.12. The second-order valence-corrected chi connectivity index (χ2v) is 4.07. The number of imidazole rings is 1. The molecule has 0 aliphatic rings. The first kappa shape index (κ1) is 9.21. The van der Waals surface area contributed by atoms with Gasteiger partial charge in [-0.05, 0) is 24.4 Å². The summed E-state index contributed by atoms with van der Waals surface area (Å²) in [5.74, 6) is 1.00. The monoisotopic (exact) mass is 211 g/mol. The lowest BCUT2D eigenvalue weighted by molar-refractivity contribution is 0.989. The van der Waals surface area contributed by atoms with Crippen LogP contribution in [-0.2, 0) is 6.42 Å². The van der Waals surface area contributed by atoms with Crippen LogP contribution >= 0.6 is 0 Å². The molecule has 3 rings (SSSR count). The zero-order valence-electron chi connectivity index (χ0n) is 9.12. The molecule has 2 N–H and O–H groups in total. The second-order valence-electron chi connectivity index (χ2n) is 4.07. The first-order valence-electron chi connectivity index (χ1n) is 5.38. The lowest BCUT2D eigenvalue weighted by atomic mass is 10.2. The van der Waals surface area contributed by atoms with Crippen molar-refractivity contribution < 1.29 is 0 Å². The lowest BCUT2D eigenvalue weighted by Gasteiger charge is -1.92. The minimum absolute atomic E-state index is 0.822. The smallest absolute Gasteiger partial charge is 0.112 e. The Morgan fingerprint density at radius 1 is 1.19 bits per heavy atom. The second kappa shape index (κ2) is 3.52. The van der Waals surface area contributed by atoms with Gasteiger partial charge >= 0.3 is 0 Å². The van der Waals surface area contributed by atoms with Crippen LogP contribution in [0.4, 0.5) is 0 Å². The molecule has 0 unspecified atom stereocenters. The van der Waals surface area contributed by atoms with Gasteiger partial charge in [0.25, 0.3) is 0 Å². The van der Waals surface area contributed by atoms with E-state index in [-0.39, 0.29) is 0 Å². The summed E-state index contributed by atoms with van der Waals surface area (Å²) >= 11 is 0. The van der Waals surface area contributed by atoms with Crippen molar-refractivity contribution in [3.8, 4) is 0 Å². The van der Waals surface area contributed by atoms with E-state index in [4.69, 9.17) is 0 Å². The first-order chi connectivity index (χ1) is 7.81. The number of aromatic amines is 2. The van der Waals surface area contributed by atoms with Gasteiger partial charge in [0.05, 0.1) is 0 Å². The van der Waals surface area contributed by atoms with E-state index in [1.165, 1.54) is 16.6 Å². The maximum Gasteiger partial charge on any atom is 0.112 e. The van der Waals surface area contributed by atoms with Crippen LogP contribution in [0.3, 0.4) is 0 Å². The number of aryl methyl sites for hydroxylation is 1. The molecule has 0 bridgehead atoms. The van der Waals surface area contributed by atoms with Gasteiger partial charge in [-0.3, -0.25) is 0 Å². The molecule has 0 radical (unpaired) electrons. The Morgan fingerprint density at radius 2 is 2.06 bits per heavy atom. The SMILES string of the molecule is Cc1cnc(Cc2cc3ccccc3[nH]2)[nH]1. The van der Waals surface area contributed by atoms with Crippen molar-refractivity contribution in [3.63, 3.8) is 0 Å². The molecule has 2 aromatic heterocycles. The summed E-state index contributed by atoms with van der Waals surface area (Å²) in [4.78, 5) is 10.9. The molecule has 3 nitrogen and oxygen atoms in total. The van der Waals surface area contributed by atoms with Crippen LogP contribution in [0.5, 0.6) is 0 Å². The standard InChI is InChI=1S/C13H13N3/c1-9-8-14-13(15-9)7-11-6-10-4-2-3-5-12(10)16-11/h2-6,8,16H,7H2,1H3,(H,14,15). The molecule has 0 saturated heterocycles. The van der Waals surface area contributed by atoms with Gasteiger partial charge in [-0.2, -0.15) is 0 Å². The number of nitrogens with zero attached hydrogens (tertiary/aromatic N) is 1. The summed E-state index contributed by atoms with van der Waals surface area (Å²) in [5, 5.41) is 1.25. The van der Waals surface area contributed by atoms with E-state index >= 15 is 0 Å². The Morgan fingerprint density at radius 3 is 2.81 bits per heavy atom. The van der Waals surface area contributed by atoms with Gasteiger partial charge in [-0.25, -0.2) is 4.98 Å². The van der Waals surface area contributed by atoms with Crippen LogP contribution in [-0.4, -0.2) is 15.0 Å². The molecule has 0 aliphatic heterocycles. The van der Waals surface area contributed by atoms with Crippen LogP contribution in [0.25, 0.3) is 10.9 Å². The van der Waals surface area contributed by atoms with Crippen molar-refractivity contribution in [1.82, 2.24) is 15.0 Å². The predicted molar refractivity (Wildman–Crippen MR) is 64.4 cm³/mol. The van der Waals surface area contributed by atoms with Crippen molar-refractivity contribution in [2.45, 2.75) is 13.3 Å². The molecule has 16 heavy (non-hydrogen) atoms. The topological polar surface area (TPSA) is 44.5 Å². The fourth-order valence-corrected chi connectivity index (χ4v) is 1.97. The maximum atomic E-state index is 4.31. The number of fused-ring (bicyclic) bond motifs is 1. The van der Waals surface area contributed by atoms with Gasteiger partial charge in [0.1, 0.15) is 5.82 Å². The van der Waals surface area contributed by atoms with Gasteiger partial charge in [-0.1, -0.05) is 18.2 Å². The number of benzene rings is 1. The number of aromatic nitrogens is 3. The number of nitrogens with one attached hydrogen (secondary N) is 2. The minimum Gasteiger partial charge on any atom is -0.358 e. The summed E-state index contributed by atoms with van der Waals surface area (Å²) in [5.41, 5.74) is 3.47. The minimum atomic E-state index is 0.822. The maximum absolute atomic E-state index is 4.31. The van der Waals surface area contributed by atoms with Crippen LogP contribution in [0, 0.1) is 6.92 Å². The van der Waals surface area contributed by atoms with E-state index in [1.54, 1.807) is 0 Å². The Balaban J connectivity index is 1.95. The molecule has 3 heteroatoms. The molecule has 80 valence electrons. The molecular weight excluding hydrogens is 198 g/mol. The number of hydrogen-bond donors (Lipinski definition) is 2. The number of H-pyrrole nitrogens is 2. The zero-order chi connectivity index (χ0) is 11.0. The van der Waals surface area contributed by atoms with Gasteiger partial charge in [0.2, 0.25) is 0 Å². The molecule has 2 heterocycles. The Bertz CT molecular complexity index is 586. The molecule has 0 fully saturated rings. The van der Waals surface area contributed by atoms with E-state index in [2.05, 4.69) is 39.2 Å². The third kappa shape index (κ3) is 1.60. The van der Waals surface area contributed by atoms with Crippen molar-refractivity contribution in [2.24, 2.45) is 0 Å². The molecular formula is C13H13N3. The highest BCUT2D eigenvalue weighted by molar-refractivity contribution is 5.80. The third-order valence-corrected chi connectivity index (χ3v) is 2.70. The van der Waals surface area contributed by atoms with E-state index in [1.807, 2.05) is 19.2 Å². The average molecular weight is 211 g/mol. The Hall–Kier alpha value is -2.03. The fraction of sp³-hybridized carbons (Fsp3) is 0.154. The quantitative estimate of drug-likeness (QED) is 0.672. The van der Waals surface area contributed by atoms with Crippen molar-refractivity contribution in [2.75, 3.05) is 0 Å². The van der Waals surface area contributed by atoms with E-state index in [0.717, 1.165) is 17.9 Å². The average Bonchev–Trinajstić information content (AvgIpc) is 2.84. The third-order valence-electron chi connectivity index (χ3n) is 2.70. The van der Waals surface area contributed by atoms with E-state index < -0.39 is 0 Å². The van der Waals surface area contributed by atoms with Gasteiger partial charge in [0.15, 0.2) is 0 Å². The summed E-state index contributed by atoms with van der Waals surface area (Å²) in [7, 11) is 0. The highest BCUT2D eigenvalue weighted by Gasteiger charge is 2.03. The van der Waals surface area contributed by atoms with Gasteiger partial charge < -0.3 is 9.97 Å². The molecule has 0 saturated carbocycles. The summed E-state index contributed by atoms with van der Waals surface area (Å²) < 4.78 is 0. The Labute approximate surface area is 93.5 Å². The number of hydrogen-bond acceptors (Lipinski definition) is 1. The Kier molecular flexibility index (Phi) is 2.03. The summed E-state index contributed by atoms with van der Waals surface area (Å²) in [6, 6.07) is 10.5.